The Labute approximate surface area is 133 Å². The predicted molar refractivity (Wildman–Crippen MR) is 90.2 cm³/mol. The minimum absolute atomic E-state index is 0.0821. The van der Waals surface area contributed by atoms with Gasteiger partial charge in [0.25, 0.3) is 0 Å². The molecule has 1 aromatic carbocycles. The minimum atomic E-state index is 0.0821. The monoisotopic (exact) mass is 301 g/mol. The summed E-state index contributed by atoms with van der Waals surface area (Å²) in [5, 5.41) is 3.12. The summed E-state index contributed by atoms with van der Waals surface area (Å²) in [7, 11) is 0. The Kier molecular flexibility index (Phi) is 4.67. The first-order chi connectivity index (χ1) is 10.7. The standard InChI is InChI=1S/C18H27N3O/c1-3-14-6-5-7-15(12-14)19-18(22)21-16-8-9-17(21)13-20(4-2)11-10-16/h5-7,12,16-17H,3-4,8-11,13H2,1-2H3,(H,19,22)/t16-,17-/m0/s1. The maximum Gasteiger partial charge on any atom is 0.322 e. The fourth-order valence-electron chi connectivity index (χ4n) is 3.82. The molecular weight excluding hydrogens is 274 g/mol. The van der Waals surface area contributed by atoms with Crippen molar-refractivity contribution in [3.63, 3.8) is 0 Å². The van der Waals surface area contributed by atoms with Gasteiger partial charge in [-0.15, -0.1) is 0 Å². The lowest BCUT2D eigenvalue weighted by Gasteiger charge is -2.29. The van der Waals surface area contributed by atoms with Gasteiger partial charge in [0.1, 0.15) is 0 Å². The van der Waals surface area contributed by atoms with Crippen molar-refractivity contribution in [1.82, 2.24) is 9.80 Å². The Morgan fingerprint density at radius 1 is 1.23 bits per heavy atom. The van der Waals surface area contributed by atoms with Crippen molar-refractivity contribution in [2.24, 2.45) is 0 Å². The fraction of sp³-hybridized carbons (Fsp3) is 0.611. The molecule has 1 N–H and O–H groups in total. The molecule has 0 radical (unpaired) electrons. The quantitative estimate of drug-likeness (QED) is 0.929. The number of likely N-dealkylation sites (N-methyl/N-ethyl adjacent to an activating group) is 1. The molecule has 2 aliphatic rings. The number of benzene rings is 1. The third-order valence-electron chi connectivity index (χ3n) is 5.14. The highest BCUT2D eigenvalue weighted by molar-refractivity contribution is 5.90. The Balaban J connectivity index is 1.71. The van der Waals surface area contributed by atoms with Crippen LogP contribution in [0.1, 0.15) is 38.7 Å². The molecule has 0 spiro atoms. The van der Waals surface area contributed by atoms with Crippen LogP contribution in [0.25, 0.3) is 0 Å². The number of hydrogen-bond donors (Lipinski definition) is 1. The van der Waals surface area contributed by atoms with Gasteiger partial charge in [0.05, 0.1) is 0 Å². The number of likely N-dealkylation sites (tertiary alicyclic amines) is 1. The van der Waals surface area contributed by atoms with Gasteiger partial charge in [-0.2, -0.15) is 0 Å². The Morgan fingerprint density at radius 2 is 2.05 bits per heavy atom. The van der Waals surface area contributed by atoms with E-state index in [1.54, 1.807) is 0 Å². The molecule has 2 amide bonds. The number of hydrogen-bond acceptors (Lipinski definition) is 2. The second kappa shape index (κ2) is 6.69. The summed E-state index contributed by atoms with van der Waals surface area (Å²) in [5.74, 6) is 0. The van der Waals surface area contributed by atoms with Gasteiger partial charge in [-0.1, -0.05) is 26.0 Å². The molecule has 3 rings (SSSR count). The van der Waals surface area contributed by atoms with Crippen molar-refractivity contribution in [2.45, 2.75) is 51.6 Å². The average Bonchev–Trinajstić information content (AvgIpc) is 2.82. The second-order valence-corrected chi connectivity index (χ2v) is 6.46. The molecule has 0 saturated carbocycles. The van der Waals surface area contributed by atoms with E-state index in [0.717, 1.165) is 51.0 Å². The molecule has 2 fully saturated rings. The fourth-order valence-corrected chi connectivity index (χ4v) is 3.82. The molecule has 22 heavy (non-hydrogen) atoms. The third kappa shape index (κ3) is 3.12. The smallest absolute Gasteiger partial charge is 0.317 e. The molecule has 4 nitrogen and oxygen atoms in total. The number of carbonyl (C=O) groups excluding carboxylic acids is 1. The summed E-state index contributed by atoms with van der Waals surface area (Å²) in [6.07, 6.45) is 4.39. The number of rotatable bonds is 3. The van der Waals surface area contributed by atoms with Crippen LogP contribution in [-0.2, 0) is 6.42 Å². The Morgan fingerprint density at radius 3 is 2.82 bits per heavy atom. The van der Waals surface area contributed by atoms with Crippen molar-refractivity contribution >= 4 is 11.7 Å². The van der Waals surface area contributed by atoms with Gasteiger partial charge in [-0.3, -0.25) is 0 Å². The molecular formula is C18H27N3O. The highest BCUT2D eigenvalue weighted by atomic mass is 16.2. The first-order valence-corrected chi connectivity index (χ1v) is 8.61. The van der Waals surface area contributed by atoms with Crippen LogP contribution in [0.2, 0.25) is 0 Å². The molecule has 2 saturated heterocycles. The van der Waals surface area contributed by atoms with E-state index >= 15 is 0 Å². The van der Waals surface area contributed by atoms with Gasteiger partial charge in [-0.05, 0) is 49.9 Å². The number of anilines is 1. The van der Waals surface area contributed by atoms with Crippen LogP contribution in [0.3, 0.4) is 0 Å². The number of nitrogens with one attached hydrogen (secondary N) is 1. The second-order valence-electron chi connectivity index (χ2n) is 6.46. The van der Waals surface area contributed by atoms with Crippen LogP contribution < -0.4 is 5.32 Å². The van der Waals surface area contributed by atoms with E-state index in [2.05, 4.69) is 41.1 Å². The molecule has 0 unspecified atom stereocenters. The number of nitrogens with zero attached hydrogens (tertiary/aromatic N) is 2. The molecule has 2 atom stereocenters. The number of amides is 2. The van der Waals surface area contributed by atoms with E-state index in [4.69, 9.17) is 0 Å². The zero-order valence-electron chi connectivity index (χ0n) is 13.7. The van der Waals surface area contributed by atoms with E-state index in [9.17, 15) is 4.79 Å². The summed E-state index contributed by atoms with van der Waals surface area (Å²) in [6.45, 7) is 7.56. The van der Waals surface area contributed by atoms with E-state index < -0.39 is 0 Å². The van der Waals surface area contributed by atoms with Crippen LogP contribution in [0.4, 0.5) is 10.5 Å². The van der Waals surface area contributed by atoms with Crippen LogP contribution in [-0.4, -0.2) is 47.5 Å². The summed E-state index contributed by atoms with van der Waals surface area (Å²) in [5.41, 5.74) is 2.18. The van der Waals surface area contributed by atoms with E-state index in [-0.39, 0.29) is 6.03 Å². The summed E-state index contributed by atoms with van der Waals surface area (Å²) in [6, 6.07) is 9.05. The molecule has 2 aliphatic heterocycles. The maximum absolute atomic E-state index is 12.8. The molecule has 120 valence electrons. The Bertz CT molecular complexity index is 531. The topological polar surface area (TPSA) is 35.6 Å². The average molecular weight is 301 g/mol. The van der Waals surface area contributed by atoms with Gasteiger partial charge in [0.15, 0.2) is 0 Å². The molecule has 0 aliphatic carbocycles. The van der Waals surface area contributed by atoms with E-state index in [0.29, 0.717) is 12.1 Å². The van der Waals surface area contributed by atoms with Crippen molar-refractivity contribution < 1.29 is 4.79 Å². The largest absolute Gasteiger partial charge is 0.322 e. The molecule has 2 heterocycles. The molecule has 1 aromatic rings. The number of carbonyl (C=O) groups is 1. The van der Waals surface area contributed by atoms with Crippen LogP contribution in [0.5, 0.6) is 0 Å². The van der Waals surface area contributed by atoms with E-state index in [1.165, 1.54) is 5.56 Å². The highest BCUT2D eigenvalue weighted by Gasteiger charge is 2.39. The van der Waals surface area contributed by atoms with Gasteiger partial charge in [-0.25, -0.2) is 4.79 Å². The maximum atomic E-state index is 12.8. The van der Waals surface area contributed by atoms with Crippen LogP contribution in [0, 0.1) is 0 Å². The van der Waals surface area contributed by atoms with Gasteiger partial charge < -0.3 is 15.1 Å². The summed E-state index contributed by atoms with van der Waals surface area (Å²) in [4.78, 5) is 17.4. The predicted octanol–water partition coefficient (Wildman–Crippen LogP) is 3.34. The highest BCUT2D eigenvalue weighted by Crippen LogP contribution is 2.30. The van der Waals surface area contributed by atoms with Gasteiger partial charge in [0, 0.05) is 30.9 Å². The zero-order valence-corrected chi connectivity index (χ0v) is 13.7. The zero-order chi connectivity index (χ0) is 15.5. The minimum Gasteiger partial charge on any atom is -0.317 e. The molecule has 0 aromatic heterocycles. The third-order valence-corrected chi connectivity index (χ3v) is 5.14. The van der Waals surface area contributed by atoms with Crippen molar-refractivity contribution in [3.05, 3.63) is 29.8 Å². The molecule has 2 bridgehead atoms. The summed E-state index contributed by atoms with van der Waals surface area (Å²) < 4.78 is 0. The first kappa shape index (κ1) is 15.3. The summed E-state index contributed by atoms with van der Waals surface area (Å²) >= 11 is 0. The molecule has 4 heteroatoms. The lowest BCUT2D eigenvalue weighted by molar-refractivity contribution is 0.184. The van der Waals surface area contributed by atoms with Crippen molar-refractivity contribution in [3.8, 4) is 0 Å². The lowest BCUT2D eigenvalue weighted by atomic mass is 10.1. The first-order valence-electron chi connectivity index (χ1n) is 8.61. The number of urea groups is 1. The number of aryl methyl sites for hydroxylation is 1. The van der Waals surface area contributed by atoms with Gasteiger partial charge in [0.2, 0.25) is 0 Å². The van der Waals surface area contributed by atoms with Gasteiger partial charge >= 0.3 is 6.03 Å². The number of fused-ring (bicyclic) bond motifs is 2. The van der Waals surface area contributed by atoms with Crippen molar-refractivity contribution in [2.75, 3.05) is 25.0 Å². The SMILES string of the molecule is CCc1cccc(NC(=O)N2[C@H]3CC[C@H]2CN(CC)CC3)c1. The normalized spacial score (nSPS) is 25.1. The van der Waals surface area contributed by atoms with Crippen LogP contribution in [0.15, 0.2) is 24.3 Å². The van der Waals surface area contributed by atoms with E-state index in [1.807, 2.05) is 12.1 Å². The Hall–Kier alpha value is -1.55. The lowest BCUT2D eigenvalue weighted by Crippen LogP contribution is -2.45. The van der Waals surface area contributed by atoms with Crippen LogP contribution >= 0.6 is 0 Å². The van der Waals surface area contributed by atoms with Crippen molar-refractivity contribution in [1.29, 1.82) is 0 Å².